The summed E-state index contributed by atoms with van der Waals surface area (Å²) in [5.41, 5.74) is 0.821. The van der Waals surface area contributed by atoms with E-state index in [0.717, 1.165) is 18.4 Å². The summed E-state index contributed by atoms with van der Waals surface area (Å²) >= 11 is 1.22. The number of anilines is 2. The van der Waals surface area contributed by atoms with Gasteiger partial charge in [0, 0.05) is 37.4 Å². The molecule has 1 aliphatic heterocycles. The molecule has 3 unspecified atom stereocenters. The zero-order valence-corrected chi connectivity index (χ0v) is 27.3. The number of hydrogen-bond acceptors (Lipinski definition) is 8. The largest absolute Gasteiger partial charge is 0.495 e. The molecule has 3 aromatic rings. The highest BCUT2D eigenvalue weighted by Gasteiger charge is 2.49. The Balaban J connectivity index is 1.34. The van der Waals surface area contributed by atoms with Crippen LogP contribution in [0.1, 0.15) is 37.6 Å². The maximum atomic E-state index is 13.7. The smallest absolute Gasteiger partial charge is 0.410 e. The second-order valence-electron chi connectivity index (χ2n) is 12.5. The molecule has 0 spiro atoms. The van der Waals surface area contributed by atoms with E-state index in [1.807, 2.05) is 26.8 Å². The predicted octanol–water partition coefficient (Wildman–Crippen LogP) is 6.55. The summed E-state index contributed by atoms with van der Waals surface area (Å²) < 4.78 is 76.4. The van der Waals surface area contributed by atoms with E-state index in [1.54, 1.807) is 23.1 Å². The lowest BCUT2D eigenvalue weighted by Crippen LogP contribution is -2.45. The summed E-state index contributed by atoms with van der Waals surface area (Å²) in [6.07, 6.45) is -3.89. The van der Waals surface area contributed by atoms with Crippen LogP contribution in [0.25, 0.3) is 10.1 Å². The van der Waals surface area contributed by atoms with Crippen molar-refractivity contribution in [2.75, 3.05) is 43.6 Å². The lowest BCUT2D eigenvalue weighted by atomic mass is 9.71. The average Bonchev–Trinajstić information content (AvgIpc) is 3.45. The van der Waals surface area contributed by atoms with Crippen molar-refractivity contribution < 1.29 is 35.9 Å². The average molecular weight is 664 g/mol. The molecule has 1 aliphatic carbocycles. The fraction of sp³-hybridized carbons (Fsp3) is 0.469. The van der Waals surface area contributed by atoms with Gasteiger partial charge in [0.15, 0.2) is 9.84 Å². The van der Waals surface area contributed by atoms with Gasteiger partial charge in [-0.25, -0.2) is 13.2 Å². The SMILES string of the molecule is COc1cc(S(C)(=O)=O)ccc1NCC#Cc1sc2c(NC3CC4CN(C(=O)OC(C)(C)C)CC43)cccc2c1CC(F)(F)F. The molecule has 242 valence electrons. The van der Waals surface area contributed by atoms with Crippen LogP contribution in [-0.4, -0.2) is 70.2 Å². The molecule has 1 saturated heterocycles. The molecule has 2 aliphatic rings. The minimum absolute atomic E-state index is 0.0870. The number of likely N-dealkylation sites (tertiary alicyclic amines) is 1. The fourth-order valence-corrected chi connectivity index (χ4v) is 7.63. The van der Waals surface area contributed by atoms with Crippen LogP contribution in [-0.2, 0) is 21.0 Å². The van der Waals surface area contributed by atoms with Gasteiger partial charge in [-0.15, -0.1) is 11.3 Å². The number of fused-ring (bicyclic) bond motifs is 2. The van der Waals surface area contributed by atoms with Crippen molar-refractivity contribution in [1.82, 2.24) is 4.90 Å². The molecule has 1 saturated carbocycles. The highest BCUT2D eigenvalue weighted by molar-refractivity contribution is 7.90. The normalized spacial score (nSPS) is 19.7. The second kappa shape index (κ2) is 12.3. The molecule has 1 aromatic heterocycles. The number of amides is 1. The first-order chi connectivity index (χ1) is 21.0. The number of thiophene rings is 1. The quantitative estimate of drug-likeness (QED) is 0.277. The number of ether oxygens (including phenoxy) is 2. The number of benzene rings is 2. The van der Waals surface area contributed by atoms with E-state index in [-0.39, 0.29) is 35.1 Å². The number of alkyl halides is 3. The number of rotatable bonds is 7. The molecule has 13 heteroatoms. The Hall–Kier alpha value is -3.63. The number of methoxy groups -OCH3 is 1. The Morgan fingerprint density at radius 3 is 2.56 bits per heavy atom. The van der Waals surface area contributed by atoms with Gasteiger partial charge < -0.3 is 25.0 Å². The zero-order chi connectivity index (χ0) is 32.7. The Kier molecular flexibility index (Phi) is 8.94. The summed E-state index contributed by atoms with van der Waals surface area (Å²) in [6.45, 7) is 6.81. The third kappa shape index (κ3) is 7.61. The molecule has 3 atom stereocenters. The molecule has 2 aromatic carbocycles. The second-order valence-corrected chi connectivity index (χ2v) is 15.5. The monoisotopic (exact) mass is 663 g/mol. The van der Waals surface area contributed by atoms with Crippen molar-refractivity contribution in [3.8, 4) is 17.6 Å². The minimum atomic E-state index is -4.42. The van der Waals surface area contributed by atoms with Gasteiger partial charge in [0.1, 0.15) is 11.4 Å². The lowest BCUT2D eigenvalue weighted by Gasteiger charge is -2.40. The number of nitrogens with one attached hydrogen (secondary N) is 2. The molecule has 2 fully saturated rings. The standard InChI is InChI=1S/C32H36F3N3O5S2/c1-31(2,3)43-30(39)38-17-19-14-26(23(19)18-38)37-25-9-6-8-21-22(16-32(33,34)35)28(44-29(21)25)10-7-13-36-24-12-11-20(45(5,40)41)15-27(24)42-4/h6,8-9,11-12,15,19,23,26,36-37H,13-14,16-18H2,1-5H3. The molecule has 45 heavy (non-hydrogen) atoms. The molecule has 1 amide bonds. The molecule has 0 radical (unpaired) electrons. The van der Waals surface area contributed by atoms with Crippen molar-refractivity contribution in [3.05, 3.63) is 46.8 Å². The molecule has 5 rings (SSSR count). The summed E-state index contributed by atoms with van der Waals surface area (Å²) in [5.74, 6) is 6.75. The number of nitrogens with zero attached hydrogens (tertiary/aromatic N) is 1. The third-order valence-corrected chi connectivity index (χ3v) is 10.2. The predicted molar refractivity (Wildman–Crippen MR) is 170 cm³/mol. The van der Waals surface area contributed by atoms with Crippen molar-refractivity contribution in [3.63, 3.8) is 0 Å². The van der Waals surface area contributed by atoms with E-state index in [4.69, 9.17) is 9.47 Å². The summed E-state index contributed by atoms with van der Waals surface area (Å²) in [7, 11) is -2.01. The maximum absolute atomic E-state index is 13.7. The van der Waals surface area contributed by atoms with Gasteiger partial charge in [-0.05, 0) is 62.3 Å². The van der Waals surface area contributed by atoms with Crippen LogP contribution in [0.3, 0.4) is 0 Å². The van der Waals surface area contributed by atoms with Gasteiger partial charge >= 0.3 is 12.3 Å². The van der Waals surface area contributed by atoms with Gasteiger partial charge in [-0.2, -0.15) is 13.2 Å². The van der Waals surface area contributed by atoms with Crippen LogP contribution in [0, 0.1) is 23.7 Å². The van der Waals surface area contributed by atoms with Crippen LogP contribution < -0.4 is 15.4 Å². The van der Waals surface area contributed by atoms with E-state index in [2.05, 4.69) is 22.5 Å². The molecule has 2 heterocycles. The number of sulfone groups is 1. The highest BCUT2D eigenvalue weighted by Crippen LogP contribution is 2.45. The maximum Gasteiger partial charge on any atom is 0.410 e. The van der Waals surface area contributed by atoms with Crippen molar-refractivity contribution in [1.29, 1.82) is 0 Å². The highest BCUT2D eigenvalue weighted by atomic mass is 32.2. The number of halogens is 3. The van der Waals surface area contributed by atoms with Gasteiger partial charge in [0.2, 0.25) is 0 Å². The van der Waals surface area contributed by atoms with Gasteiger partial charge in [-0.3, -0.25) is 0 Å². The van der Waals surface area contributed by atoms with Crippen molar-refractivity contribution >= 4 is 48.7 Å². The van der Waals surface area contributed by atoms with E-state index in [0.29, 0.717) is 45.4 Å². The van der Waals surface area contributed by atoms with Gasteiger partial charge in [0.25, 0.3) is 0 Å². The zero-order valence-electron chi connectivity index (χ0n) is 25.7. The topological polar surface area (TPSA) is 97.0 Å². The number of carbonyl (C=O) groups is 1. The molecular weight excluding hydrogens is 627 g/mol. The Morgan fingerprint density at radius 1 is 1.13 bits per heavy atom. The van der Waals surface area contributed by atoms with Gasteiger partial charge in [-0.1, -0.05) is 24.0 Å². The minimum Gasteiger partial charge on any atom is -0.495 e. The molecule has 0 bridgehead atoms. The molecule has 8 nitrogen and oxygen atoms in total. The first-order valence-corrected chi connectivity index (χ1v) is 17.2. The summed E-state index contributed by atoms with van der Waals surface area (Å²) in [5, 5.41) is 7.12. The number of hydrogen-bond donors (Lipinski definition) is 2. The summed E-state index contributed by atoms with van der Waals surface area (Å²) in [4.78, 5) is 14.8. The number of carbonyl (C=O) groups excluding carboxylic acids is 1. The lowest BCUT2D eigenvalue weighted by molar-refractivity contribution is -0.126. The molecule has 2 N–H and O–H groups in total. The van der Waals surface area contributed by atoms with Gasteiger partial charge in [0.05, 0.1) is 45.9 Å². The Labute approximate surface area is 265 Å². The molecular formula is C32H36F3N3O5S2. The van der Waals surface area contributed by atoms with Crippen LogP contribution in [0.2, 0.25) is 0 Å². The summed E-state index contributed by atoms with van der Waals surface area (Å²) in [6, 6.07) is 9.81. The Bertz CT molecular complexity index is 1770. The van der Waals surface area contributed by atoms with Crippen LogP contribution in [0.4, 0.5) is 29.3 Å². The Morgan fingerprint density at radius 2 is 1.89 bits per heavy atom. The first kappa shape index (κ1) is 32.8. The third-order valence-electron chi connectivity index (χ3n) is 7.92. The van der Waals surface area contributed by atoms with E-state index < -0.39 is 28.0 Å². The van der Waals surface area contributed by atoms with Crippen LogP contribution in [0.15, 0.2) is 41.3 Å². The van der Waals surface area contributed by atoms with E-state index >= 15 is 0 Å². The van der Waals surface area contributed by atoms with Crippen LogP contribution >= 0.6 is 11.3 Å². The van der Waals surface area contributed by atoms with Crippen LogP contribution in [0.5, 0.6) is 5.75 Å². The first-order valence-electron chi connectivity index (χ1n) is 14.5. The van der Waals surface area contributed by atoms with E-state index in [1.165, 1.54) is 30.6 Å². The fourth-order valence-electron chi connectivity index (χ4n) is 5.82. The van der Waals surface area contributed by atoms with Crippen molar-refractivity contribution in [2.45, 2.75) is 56.3 Å². The van der Waals surface area contributed by atoms with Crippen molar-refractivity contribution in [2.24, 2.45) is 11.8 Å². The van der Waals surface area contributed by atoms with E-state index in [9.17, 15) is 26.4 Å².